The first-order valence-corrected chi connectivity index (χ1v) is 7.66. The number of amides is 2. The van der Waals surface area contributed by atoms with E-state index in [2.05, 4.69) is 10.6 Å². The standard InChI is InChI=1S/C19H22N2O3/c1-19(2,3)21-18(23)13-7-5-9-15(11-13)20-17(22)14-8-6-10-16(12-14)24-4/h5-12H,1-4H3,(H,20,22)(H,21,23). The molecule has 0 aliphatic heterocycles. The van der Waals surface area contributed by atoms with Gasteiger partial charge in [0.1, 0.15) is 5.75 Å². The molecule has 24 heavy (non-hydrogen) atoms. The van der Waals surface area contributed by atoms with Gasteiger partial charge in [0.05, 0.1) is 7.11 Å². The fraction of sp³-hybridized carbons (Fsp3) is 0.263. The monoisotopic (exact) mass is 326 g/mol. The molecule has 5 heteroatoms. The highest BCUT2D eigenvalue weighted by atomic mass is 16.5. The second-order valence-electron chi connectivity index (χ2n) is 6.47. The molecule has 0 spiro atoms. The lowest BCUT2D eigenvalue weighted by atomic mass is 10.1. The van der Waals surface area contributed by atoms with Crippen LogP contribution < -0.4 is 15.4 Å². The molecule has 0 fully saturated rings. The molecular weight excluding hydrogens is 304 g/mol. The highest BCUT2D eigenvalue weighted by molar-refractivity contribution is 6.05. The molecule has 2 aromatic rings. The highest BCUT2D eigenvalue weighted by Gasteiger charge is 2.16. The average Bonchev–Trinajstić information content (AvgIpc) is 2.53. The Labute approximate surface area is 142 Å². The first-order valence-electron chi connectivity index (χ1n) is 7.66. The van der Waals surface area contributed by atoms with Crippen LogP contribution in [0.1, 0.15) is 41.5 Å². The number of carbonyl (C=O) groups excluding carboxylic acids is 2. The number of anilines is 1. The van der Waals surface area contributed by atoms with Gasteiger partial charge < -0.3 is 15.4 Å². The number of carbonyl (C=O) groups is 2. The van der Waals surface area contributed by atoms with E-state index in [1.54, 1.807) is 55.6 Å². The van der Waals surface area contributed by atoms with Crippen molar-refractivity contribution in [2.24, 2.45) is 0 Å². The molecule has 0 aliphatic rings. The van der Waals surface area contributed by atoms with E-state index in [0.717, 1.165) is 0 Å². The molecule has 0 aliphatic carbocycles. The second kappa shape index (κ2) is 7.17. The molecule has 5 nitrogen and oxygen atoms in total. The van der Waals surface area contributed by atoms with E-state index in [1.165, 1.54) is 0 Å². The van der Waals surface area contributed by atoms with E-state index < -0.39 is 0 Å². The van der Waals surface area contributed by atoms with Crippen LogP contribution in [0.15, 0.2) is 48.5 Å². The van der Waals surface area contributed by atoms with E-state index in [-0.39, 0.29) is 17.4 Å². The molecule has 0 aromatic heterocycles. The zero-order valence-electron chi connectivity index (χ0n) is 14.3. The van der Waals surface area contributed by atoms with E-state index in [1.807, 2.05) is 20.8 Å². The quantitative estimate of drug-likeness (QED) is 0.904. The summed E-state index contributed by atoms with van der Waals surface area (Å²) >= 11 is 0. The third-order valence-electron chi connectivity index (χ3n) is 3.20. The topological polar surface area (TPSA) is 67.4 Å². The van der Waals surface area contributed by atoms with Crippen LogP contribution >= 0.6 is 0 Å². The minimum absolute atomic E-state index is 0.181. The molecule has 0 radical (unpaired) electrons. The van der Waals surface area contributed by atoms with Gasteiger partial charge in [0.2, 0.25) is 0 Å². The molecule has 0 heterocycles. The van der Waals surface area contributed by atoms with Crippen LogP contribution in [0.2, 0.25) is 0 Å². The third kappa shape index (κ3) is 4.84. The maximum atomic E-state index is 12.3. The first-order chi connectivity index (χ1) is 11.3. The Balaban J connectivity index is 2.14. The Bertz CT molecular complexity index is 748. The molecule has 2 rings (SSSR count). The van der Waals surface area contributed by atoms with Crippen molar-refractivity contribution in [1.29, 1.82) is 0 Å². The van der Waals surface area contributed by atoms with Crippen LogP contribution in [0, 0.1) is 0 Å². The lowest BCUT2D eigenvalue weighted by Gasteiger charge is -2.20. The van der Waals surface area contributed by atoms with Gasteiger partial charge in [-0.2, -0.15) is 0 Å². The number of rotatable bonds is 4. The van der Waals surface area contributed by atoms with E-state index in [0.29, 0.717) is 22.6 Å². The Morgan fingerprint density at radius 3 is 2.17 bits per heavy atom. The van der Waals surface area contributed by atoms with Crippen molar-refractivity contribution in [2.45, 2.75) is 26.3 Å². The van der Waals surface area contributed by atoms with Gasteiger partial charge in [-0.3, -0.25) is 9.59 Å². The van der Waals surface area contributed by atoms with Crippen molar-refractivity contribution < 1.29 is 14.3 Å². The maximum Gasteiger partial charge on any atom is 0.255 e. The molecule has 2 aromatic carbocycles. The number of ether oxygens (including phenoxy) is 1. The summed E-state index contributed by atoms with van der Waals surface area (Å²) in [7, 11) is 1.55. The van der Waals surface area contributed by atoms with Gasteiger partial charge in [-0.05, 0) is 57.2 Å². The van der Waals surface area contributed by atoms with Gasteiger partial charge in [-0.25, -0.2) is 0 Å². The number of hydrogen-bond donors (Lipinski definition) is 2. The Kier molecular flexibility index (Phi) is 5.24. The summed E-state index contributed by atoms with van der Waals surface area (Å²) in [5.74, 6) is 0.170. The van der Waals surface area contributed by atoms with Crippen LogP contribution in [0.25, 0.3) is 0 Å². The van der Waals surface area contributed by atoms with Crippen molar-refractivity contribution in [3.63, 3.8) is 0 Å². The molecule has 2 amide bonds. The first kappa shape index (κ1) is 17.5. The van der Waals surface area contributed by atoms with E-state index in [4.69, 9.17) is 4.74 Å². The van der Waals surface area contributed by atoms with Crippen LogP contribution in [0.5, 0.6) is 5.75 Å². The minimum atomic E-state index is -0.322. The molecule has 0 bridgehead atoms. The molecule has 0 saturated heterocycles. The maximum absolute atomic E-state index is 12.3. The molecule has 0 atom stereocenters. The van der Waals surface area contributed by atoms with Crippen LogP contribution in [0.3, 0.4) is 0 Å². The molecule has 126 valence electrons. The highest BCUT2D eigenvalue weighted by Crippen LogP contribution is 2.16. The molecule has 2 N–H and O–H groups in total. The number of hydrogen-bond acceptors (Lipinski definition) is 3. The van der Waals surface area contributed by atoms with Crippen molar-refractivity contribution in [3.8, 4) is 5.75 Å². The van der Waals surface area contributed by atoms with Crippen molar-refractivity contribution in [2.75, 3.05) is 12.4 Å². The lowest BCUT2D eigenvalue weighted by molar-refractivity contribution is 0.0918. The van der Waals surface area contributed by atoms with Crippen LogP contribution in [-0.4, -0.2) is 24.5 Å². The summed E-state index contributed by atoms with van der Waals surface area (Å²) in [5, 5.41) is 5.69. The normalized spacial score (nSPS) is 10.8. The van der Waals surface area contributed by atoms with Crippen molar-refractivity contribution >= 4 is 17.5 Å². The zero-order valence-corrected chi connectivity index (χ0v) is 14.3. The van der Waals surface area contributed by atoms with Crippen molar-refractivity contribution in [1.82, 2.24) is 5.32 Å². The minimum Gasteiger partial charge on any atom is -0.497 e. The largest absolute Gasteiger partial charge is 0.497 e. The summed E-state index contributed by atoms with van der Waals surface area (Å²) in [6.45, 7) is 5.75. The van der Waals surface area contributed by atoms with Crippen molar-refractivity contribution in [3.05, 3.63) is 59.7 Å². The molecule has 0 unspecified atom stereocenters. The van der Waals surface area contributed by atoms with Gasteiger partial charge >= 0.3 is 0 Å². The summed E-state index contributed by atoms with van der Waals surface area (Å²) in [6.07, 6.45) is 0. The number of benzene rings is 2. The smallest absolute Gasteiger partial charge is 0.255 e. The van der Waals surface area contributed by atoms with Crippen LogP contribution in [-0.2, 0) is 0 Å². The number of methoxy groups -OCH3 is 1. The predicted molar refractivity (Wildman–Crippen MR) is 94.6 cm³/mol. The van der Waals surface area contributed by atoms with Gasteiger partial charge in [0.25, 0.3) is 11.8 Å². The fourth-order valence-corrected chi connectivity index (χ4v) is 2.12. The zero-order chi connectivity index (χ0) is 17.7. The Morgan fingerprint density at radius 2 is 1.54 bits per heavy atom. The van der Waals surface area contributed by atoms with E-state index in [9.17, 15) is 9.59 Å². The molecular formula is C19H22N2O3. The Morgan fingerprint density at radius 1 is 0.917 bits per heavy atom. The van der Waals surface area contributed by atoms with Gasteiger partial charge in [-0.1, -0.05) is 12.1 Å². The third-order valence-corrected chi connectivity index (χ3v) is 3.20. The van der Waals surface area contributed by atoms with Gasteiger partial charge in [-0.15, -0.1) is 0 Å². The van der Waals surface area contributed by atoms with E-state index >= 15 is 0 Å². The van der Waals surface area contributed by atoms with Gasteiger partial charge in [0, 0.05) is 22.4 Å². The summed E-state index contributed by atoms with van der Waals surface area (Å²) < 4.78 is 5.12. The second-order valence-corrected chi connectivity index (χ2v) is 6.47. The van der Waals surface area contributed by atoms with Gasteiger partial charge in [0.15, 0.2) is 0 Å². The summed E-state index contributed by atoms with van der Waals surface area (Å²) in [5.41, 5.74) is 1.22. The lowest BCUT2D eigenvalue weighted by Crippen LogP contribution is -2.40. The summed E-state index contributed by atoms with van der Waals surface area (Å²) in [6, 6.07) is 13.7. The molecule has 0 saturated carbocycles. The predicted octanol–water partition coefficient (Wildman–Crippen LogP) is 3.48. The Hall–Kier alpha value is -2.82. The summed E-state index contributed by atoms with van der Waals surface area (Å²) in [4.78, 5) is 24.5. The van der Waals surface area contributed by atoms with Crippen LogP contribution in [0.4, 0.5) is 5.69 Å². The fourth-order valence-electron chi connectivity index (χ4n) is 2.12. The average molecular weight is 326 g/mol. The SMILES string of the molecule is COc1cccc(C(=O)Nc2cccc(C(=O)NC(C)(C)C)c2)c1. The number of nitrogens with one attached hydrogen (secondary N) is 2.